The standard InChI is InChI=1S/C14H18FN/c15-12-4-1-3-10(7-12)11-8-13-5-2-6-14(9-11)16-13/h1,3-4,7,11,13-14,16H,2,5-6,8-9H2. The van der Waals surface area contributed by atoms with E-state index >= 15 is 0 Å². The fourth-order valence-corrected chi connectivity index (χ4v) is 3.30. The van der Waals surface area contributed by atoms with E-state index in [4.69, 9.17) is 0 Å². The lowest BCUT2D eigenvalue weighted by molar-refractivity contribution is 0.221. The third-order valence-electron chi connectivity index (χ3n) is 4.03. The van der Waals surface area contributed by atoms with Crippen molar-refractivity contribution in [1.82, 2.24) is 5.32 Å². The normalized spacial score (nSPS) is 33.7. The van der Waals surface area contributed by atoms with Crippen LogP contribution in [0.3, 0.4) is 0 Å². The number of halogens is 1. The molecule has 2 unspecified atom stereocenters. The van der Waals surface area contributed by atoms with Crippen molar-refractivity contribution >= 4 is 0 Å². The monoisotopic (exact) mass is 219 g/mol. The molecular formula is C14H18FN. The summed E-state index contributed by atoms with van der Waals surface area (Å²) in [6.45, 7) is 0. The van der Waals surface area contributed by atoms with E-state index in [0.29, 0.717) is 18.0 Å². The van der Waals surface area contributed by atoms with Gasteiger partial charge in [0.15, 0.2) is 0 Å². The molecule has 0 amide bonds. The summed E-state index contributed by atoms with van der Waals surface area (Å²) in [6.07, 6.45) is 6.31. The molecule has 0 radical (unpaired) electrons. The Bertz CT molecular complexity index is 365. The molecule has 2 fully saturated rings. The van der Waals surface area contributed by atoms with E-state index in [9.17, 15) is 4.39 Å². The highest BCUT2D eigenvalue weighted by Gasteiger charge is 2.31. The highest BCUT2D eigenvalue weighted by molar-refractivity contribution is 5.22. The molecule has 1 aromatic carbocycles. The van der Waals surface area contributed by atoms with Crippen LogP contribution >= 0.6 is 0 Å². The molecule has 2 heteroatoms. The predicted octanol–water partition coefficient (Wildman–Crippen LogP) is 3.21. The van der Waals surface area contributed by atoms with Crippen LogP contribution in [0.5, 0.6) is 0 Å². The lowest BCUT2D eigenvalue weighted by atomic mass is 9.77. The van der Waals surface area contributed by atoms with Gasteiger partial charge >= 0.3 is 0 Å². The molecule has 3 rings (SSSR count). The number of piperidine rings is 2. The average molecular weight is 219 g/mol. The number of hydrogen-bond acceptors (Lipinski definition) is 1. The minimum atomic E-state index is -0.0961. The van der Waals surface area contributed by atoms with E-state index in [2.05, 4.69) is 11.4 Å². The first-order valence-electron chi connectivity index (χ1n) is 6.33. The maximum Gasteiger partial charge on any atom is 0.123 e. The Morgan fingerprint density at radius 1 is 1.12 bits per heavy atom. The summed E-state index contributed by atoms with van der Waals surface area (Å²) in [5.74, 6) is 0.466. The zero-order valence-corrected chi connectivity index (χ0v) is 9.45. The summed E-state index contributed by atoms with van der Waals surface area (Å²) in [5, 5.41) is 3.67. The van der Waals surface area contributed by atoms with E-state index in [1.807, 2.05) is 6.07 Å². The largest absolute Gasteiger partial charge is 0.311 e. The lowest BCUT2D eigenvalue weighted by Crippen LogP contribution is -2.47. The molecule has 0 spiro atoms. The van der Waals surface area contributed by atoms with E-state index in [-0.39, 0.29) is 5.82 Å². The van der Waals surface area contributed by atoms with Crippen LogP contribution in [0.1, 0.15) is 43.6 Å². The Labute approximate surface area is 96.1 Å². The molecule has 16 heavy (non-hydrogen) atoms. The van der Waals surface area contributed by atoms with Crippen molar-refractivity contribution < 1.29 is 4.39 Å². The summed E-state index contributed by atoms with van der Waals surface area (Å²) >= 11 is 0. The Morgan fingerprint density at radius 2 is 1.88 bits per heavy atom. The van der Waals surface area contributed by atoms with E-state index in [1.165, 1.54) is 43.7 Å². The molecule has 2 atom stereocenters. The second kappa shape index (κ2) is 4.17. The van der Waals surface area contributed by atoms with Crippen molar-refractivity contribution in [2.75, 3.05) is 0 Å². The Kier molecular flexibility index (Phi) is 2.68. The number of fused-ring (bicyclic) bond motifs is 2. The number of rotatable bonds is 1. The van der Waals surface area contributed by atoms with Gasteiger partial charge < -0.3 is 5.32 Å². The average Bonchev–Trinajstić information content (AvgIpc) is 2.28. The fourth-order valence-electron chi connectivity index (χ4n) is 3.30. The van der Waals surface area contributed by atoms with Crippen LogP contribution in [0.2, 0.25) is 0 Å². The van der Waals surface area contributed by atoms with Crippen LogP contribution in [0.25, 0.3) is 0 Å². The second-order valence-electron chi connectivity index (χ2n) is 5.21. The van der Waals surface area contributed by atoms with Gasteiger partial charge in [0.25, 0.3) is 0 Å². The lowest BCUT2D eigenvalue weighted by Gasteiger charge is -2.40. The molecule has 2 bridgehead atoms. The minimum Gasteiger partial charge on any atom is -0.311 e. The quantitative estimate of drug-likeness (QED) is 0.764. The summed E-state index contributed by atoms with van der Waals surface area (Å²) in [4.78, 5) is 0. The Balaban J connectivity index is 1.80. The van der Waals surface area contributed by atoms with Crippen molar-refractivity contribution in [3.8, 4) is 0 Å². The van der Waals surface area contributed by atoms with Gasteiger partial charge in [-0.15, -0.1) is 0 Å². The van der Waals surface area contributed by atoms with E-state index in [0.717, 1.165) is 0 Å². The van der Waals surface area contributed by atoms with Crippen molar-refractivity contribution in [3.63, 3.8) is 0 Å². The third kappa shape index (κ3) is 1.99. The summed E-state index contributed by atoms with van der Waals surface area (Å²) in [5.41, 5.74) is 1.19. The molecule has 86 valence electrons. The third-order valence-corrected chi connectivity index (χ3v) is 4.03. The van der Waals surface area contributed by atoms with E-state index in [1.54, 1.807) is 6.07 Å². The van der Waals surface area contributed by atoms with Crippen LogP contribution in [-0.4, -0.2) is 12.1 Å². The zero-order valence-electron chi connectivity index (χ0n) is 9.45. The molecule has 0 aromatic heterocycles. The number of benzene rings is 1. The van der Waals surface area contributed by atoms with Crippen LogP contribution in [0.4, 0.5) is 4.39 Å². The highest BCUT2D eigenvalue weighted by Crippen LogP contribution is 2.36. The molecule has 1 N–H and O–H groups in total. The molecule has 2 saturated heterocycles. The summed E-state index contributed by atoms with van der Waals surface area (Å²) < 4.78 is 13.2. The smallest absolute Gasteiger partial charge is 0.123 e. The molecule has 1 aromatic rings. The van der Waals surface area contributed by atoms with Crippen molar-refractivity contribution in [2.45, 2.75) is 50.1 Å². The van der Waals surface area contributed by atoms with Gasteiger partial charge in [-0.1, -0.05) is 18.6 Å². The summed E-state index contributed by atoms with van der Waals surface area (Å²) in [7, 11) is 0. The Morgan fingerprint density at radius 3 is 2.56 bits per heavy atom. The SMILES string of the molecule is Fc1cccc(C2CC3CCCC(C2)N3)c1. The van der Waals surface area contributed by atoms with Crippen molar-refractivity contribution in [2.24, 2.45) is 0 Å². The summed E-state index contributed by atoms with van der Waals surface area (Å²) in [6, 6.07) is 8.50. The van der Waals surface area contributed by atoms with Crippen LogP contribution in [-0.2, 0) is 0 Å². The second-order valence-corrected chi connectivity index (χ2v) is 5.21. The molecule has 2 aliphatic heterocycles. The first kappa shape index (κ1) is 10.3. The molecule has 1 nitrogen and oxygen atoms in total. The van der Waals surface area contributed by atoms with Gasteiger partial charge in [-0.05, 0) is 49.3 Å². The van der Waals surface area contributed by atoms with Gasteiger partial charge in [0.05, 0.1) is 0 Å². The predicted molar refractivity (Wildman–Crippen MR) is 62.9 cm³/mol. The molecular weight excluding hydrogens is 201 g/mol. The number of nitrogens with one attached hydrogen (secondary N) is 1. The molecule has 2 aliphatic rings. The van der Waals surface area contributed by atoms with Crippen LogP contribution < -0.4 is 5.32 Å². The van der Waals surface area contributed by atoms with Gasteiger partial charge in [0, 0.05) is 12.1 Å². The fraction of sp³-hybridized carbons (Fsp3) is 0.571. The van der Waals surface area contributed by atoms with Gasteiger partial charge in [-0.3, -0.25) is 0 Å². The zero-order chi connectivity index (χ0) is 11.0. The van der Waals surface area contributed by atoms with Crippen molar-refractivity contribution in [3.05, 3.63) is 35.6 Å². The van der Waals surface area contributed by atoms with Gasteiger partial charge in [0.1, 0.15) is 5.82 Å². The maximum absolute atomic E-state index is 13.2. The first-order chi connectivity index (χ1) is 7.81. The van der Waals surface area contributed by atoms with Gasteiger partial charge in [-0.2, -0.15) is 0 Å². The molecule has 0 saturated carbocycles. The first-order valence-corrected chi connectivity index (χ1v) is 6.33. The van der Waals surface area contributed by atoms with Gasteiger partial charge in [-0.25, -0.2) is 4.39 Å². The van der Waals surface area contributed by atoms with Crippen LogP contribution in [0.15, 0.2) is 24.3 Å². The Hall–Kier alpha value is -0.890. The number of hydrogen-bond donors (Lipinski definition) is 1. The maximum atomic E-state index is 13.2. The highest BCUT2D eigenvalue weighted by atomic mass is 19.1. The van der Waals surface area contributed by atoms with Gasteiger partial charge in [0.2, 0.25) is 0 Å². The minimum absolute atomic E-state index is 0.0961. The molecule has 0 aliphatic carbocycles. The van der Waals surface area contributed by atoms with E-state index < -0.39 is 0 Å². The topological polar surface area (TPSA) is 12.0 Å². The van der Waals surface area contributed by atoms with Crippen LogP contribution in [0, 0.1) is 5.82 Å². The van der Waals surface area contributed by atoms with Crippen molar-refractivity contribution in [1.29, 1.82) is 0 Å². The molecule has 2 heterocycles.